The van der Waals surface area contributed by atoms with Crippen LogP contribution in [0.1, 0.15) is 32.8 Å². The molecule has 0 heterocycles. The lowest BCUT2D eigenvalue weighted by Gasteiger charge is -2.32. The molecule has 2 aromatic rings. The summed E-state index contributed by atoms with van der Waals surface area (Å²) >= 11 is 3.39. The van der Waals surface area contributed by atoms with E-state index in [1.165, 1.54) is 12.0 Å². The quantitative estimate of drug-likeness (QED) is 0.459. The molecule has 0 radical (unpaired) electrons. The number of amides is 2. The smallest absolute Gasteiger partial charge is 0.244 e. The molecule has 2 aromatic carbocycles. The van der Waals surface area contributed by atoms with E-state index in [2.05, 4.69) is 21.2 Å². The SMILES string of the molecule is CC[C@@H](C)NC(=O)[C@@H](C)N(Cc1ccc(Br)cc1)C(=O)CN(c1ccccc1OC)S(C)(=O)=O. The lowest BCUT2D eigenvalue weighted by molar-refractivity contribution is -0.139. The lowest BCUT2D eigenvalue weighted by Crippen LogP contribution is -2.52. The highest BCUT2D eigenvalue weighted by Gasteiger charge is 2.31. The van der Waals surface area contributed by atoms with Gasteiger partial charge < -0.3 is 15.0 Å². The second kappa shape index (κ2) is 12.2. The average Bonchev–Trinajstić information content (AvgIpc) is 2.80. The normalized spacial score (nSPS) is 13.0. The maximum Gasteiger partial charge on any atom is 0.244 e. The van der Waals surface area contributed by atoms with E-state index >= 15 is 0 Å². The molecule has 2 amide bonds. The Hall–Kier alpha value is -2.59. The number of ether oxygens (including phenoxy) is 1. The summed E-state index contributed by atoms with van der Waals surface area (Å²) in [6.45, 7) is 5.15. The third-order valence-corrected chi connectivity index (χ3v) is 7.12. The van der Waals surface area contributed by atoms with Crippen LogP contribution in [0.2, 0.25) is 0 Å². The number of methoxy groups -OCH3 is 1. The fraction of sp³-hybridized carbons (Fsp3) is 0.417. The number of anilines is 1. The number of sulfonamides is 1. The van der Waals surface area contributed by atoms with Crippen molar-refractivity contribution in [1.82, 2.24) is 10.2 Å². The van der Waals surface area contributed by atoms with Crippen LogP contribution >= 0.6 is 15.9 Å². The van der Waals surface area contributed by atoms with Gasteiger partial charge in [-0.25, -0.2) is 8.42 Å². The zero-order valence-corrected chi connectivity index (χ0v) is 22.5. The van der Waals surface area contributed by atoms with Crippen molar-refractivity contribution in [3.63, 3.8) is 0 Å². The molecule has 0 saturated heterocycles. The van der Waals surface area contributed by atoms with Gasteiger partial charge in [-0.15, -0.1) is 0 Å². The molecule has 0 saturated carbocycles. The van der Waals surface area contributed by atoms with Crippen LogP contribution in [0.5, 0.6) is 5.75 Å². The highest BCUT2D eigenvalue weighted by atomic mass is 79.9. The van der Waals surface area contributed by atoms with E-state index in [0.29, 0.717) is 5.75 Å². The maximum atomic E-state index is 13.5. The molecule has 10 heteroatoms. The van der Waals surface area contributed by atoms with Gasteiger partial charge in [0.2, 0.25) is 21.8 Å². The van der Waals surface area contributed by atoms with Gasteiger partial charge in [0.15, 0.2) is 0 Å². The molecular weight excluding hydrogens is 522 g/mol. The van der Waals surface area contributed by atoms with Crippen LogP contribution in [0.4, 0.5) is 5.69 Å². The molecule has 2 atom stereocenters. The predicted molar refractivity (Wildman–Crippen MR) is 137 cm³/mol. The summed E-state index contributed by atoms with van der Waals surface area (Å²) in [7, 11) is -2.39. The Bertz CT molecular complexity index is 1090. The predicted octanol–water partition coefficient (Wildman–Crippen LogP) is 3.56. The van der Waals surface area contributed by atoms with Gasteiger partial charge in [-0.2, -0.15) is 0 Å². The molecule has 0 unspecified atom stereocenters. The van der Waals surface area contributed by atoms with Crippen molar-refractivity contribution in [3.8, 4) is 5.75 Å². The minimum Gasteiger partial charge on any atom is -0.495 e. The largest absolute Gasteiger partial charge is 0.495 e. The molecular formula is C24H32BrN3O5S. The van der Waals surface area contributed by atoms with Gasteiger partial charge in [-0.3, -0.25) is 13.9 Å². The topological polar surface area (TPSA) is 96.0 Å². The number of halogens is 1. The summed E-state index contributed by atoms with van der Waals surface area (Å²) in [6.07, 6.45) is 1.78. The van der Waals surface area contributed by atoms with Gasteiger partial charge >= 0.3 is 0 Å². The number of nitrogens with one attached hydrogen (secondary N) is 1. The summed E-state index contributed by atoms with van der Waals surface area (Å²) in [5.74, 6) is -0.489. The summed E-state index contributed by atoms with van der Waals surface area (Å²) in [5.41, 5.74) is 1.06. The molecule has 186 valence electrons. The molecule has 1 N–H and O–H groups in total. The van der Waals surface area contributed by atoms with Crippen LogP contribution in [-0.4, -0.2) is 57.1 Å². The van der Waals surface area contributed by atoms with Gasteiger partial charge in [0.25, 0.3) is 0 Å². The lowest BCUT2D eigenvalue weighted by atomic mass is 10.1. The van der Waals surface area contributed by atoms with E-state index in [1.807, 2.05) is 38.1 Å². The van der Waals surface area contributed by atoms with E-state index in [4.69, 9.17) is 4.74 Å². The number of nitrogens with zero attached hydrogens (tertiary/aromatic N) is 2. The molecule has 8 nitrogen and oxygen atoms in total. The summed E-state index contributed by atoms with van der Waals surface area (Å²) in [4.78, 5) is 27.8. The van der Waals surface area contributed by atoms with Crippen LogP contribution in [0, 0.1) is 0 Å². The second-order valence-corrected chi connectivity index (χ2v) is 10.9. The van der Waals surface area contributed by atoms with Crippen molar-refractivity contribution < 1.29 is 22.7 Å². The monoisotopic (exact) mass is 553 g/mol. The molecule has 0 bridgehead atoms. The van der Waals surface area contributed by atoms with Gasteiger partial charge in [0, 0.05) is 17.1 Å². The molecule has 0 aliphatic carbocycles. The molecule has 0 aliphatic rings. The minimum absolute atomic E-state index is 0.0549. The van der Waals surface area contributed by atoms with Crippen molar-refractivity contribution in [2.24, 2.45) is 0 Å². The van der Waals surface area contributed by atoms with Crippen LogP contribution in [0.25, 0.3) is 0 Å². The zero-order chi connectivity index (χ0) is 25.5. The summed E-state index contributed by atoms with van der Waals surface area (Å²) < 4.78 is 32.5. The summed E-state index contributed by atoms with van der Waals surface area (Å²) in [6, 6.07) is 13.1. The molecule has 0 aromatic heterocycles. The van der Waals surface area contributed by atoms with E-state index in [0.717, 1.165) is 27.0 Å². The minimum atomic E-state index is -3.83. The maximum absolute atomic E-state index is 13.5. The number of rotatable bonds is 11. The molecule has 0 spiro atoms. The Morgan fingerprint density at radius 3 is 2.26 bits per heavy atom. The Morgan fingerprint density at radius 1 is 1.09 bits per heavy atom. The van der Waals surface area contributed by atoms with Crippen molar-refractivity contribution >= 4 is 43.5 Å². The number of hydrogen-bond donors (Lipinski definition) is 1. The van der Waals surface area contributed by atoms with Crippen LogP contribution in [0.15, 0.2) is 53.0 Å². The van der Waals surface area contributed by atoms with E-state index in [9.17, 15) is 18.0 Å². The highest BCUT2D eigenvalue weighted by Crippen LogP contribution is 2.29. The van der Waals surface area contributed by atoms with Crippen LogP contribution < -0.4 is 14.4 Å². The van der Waals surface area contributed by atoms with E-state index < -0.39 is 28.5 Å². The van der Waals surface area contributed by atoms with Crippen LogP contribution in [0.3, 0.4) is 0 Å². The van der Waals surface area contributed by atoms with Crippen molar-refractivity contribution in [2.75, 3.05) is 24.2 Å². The van der Waals surface area contributed by atoms with Crippen LogP contribution in [-0.2, 0) is 26.2 Å². The standard InChI is InChI=1S/C24H32BrN3O5S/c1-6-17(2)26-24(30)18(3)27(15-19-11-13-20(25)14-12-19)23(29)16-28(34(5,31)32)21-9-7-8-10-22(21)33-4/h7-14,17-18H,6,15-16H2,1-5H3,(H,26,30)/t17-,18-/m1/s1. The molecule has 0 fully saturated rings. The first-order valence-electron chi connectivity index (χ1n) is 10.9. The average molecular weight is 555 g/mol. The Labute approximate surface area is 210 Å². The fourth-order valence-corrected chi connectivity index (χ4v) is 4.38. The third-order valence-electron chi connectivity index (χ3n) is 5.47. The molecule has 2 rings (SSSR count). The summed E-state index contributed by atoms with van der Waals surface area (Å²) in [5, 5.41) is 2.90. The first kappa shape index (κ1) is 27.7. The fourth-order valence-electron chi connectivity index (χ4n) is 3.27. The van der Waals surface area contributed by atoms with E-state index in [1.54, 1.807) is 31.2 Å². The third kappa shape index (κ3) is 7.46. The van der Waals surface area contributed by atoms with Gasteiger partial charge in [0.1, 0.15) is 18.3 Å². The number of hydrogen-bond acceptors (Lipinski definition) is 5. The second-order valence-electron chi connectivity index (χ2n) is 8.08. The molecule has 34 heavy (non-hydrogen) atoms. The van der Waals surface area contributed by atoms with Gasteiger partial charge in [-0.1, -0.05) is 47.1 Å². The first-order chi connectivity index (χ1) is 16.0. The van der Waals surface area contributed by atoms with Crippen molar-refractivity contribution in [3.05, 3.63) is 58.6 Å². The molecule has 0 aliphatic heterocycles. The number of benzene rings is 2. The first-order valence-corrected chi connectivity index (χ1v) is 13.6. The Balaban J connectivity index is 2.41. The number of carbonyl (C=O) groups excluding carboxylic acids is 2. The van der Waals surface area contributed by atoms with Gasteiger partial charge in [0.05, 0.1) is 19.1 Å². The highest BCUT2D eigenvalue weighted by molar-refractivity contribution is 9.10. The van der Waals surface area contributed by atoms with Crippen molar-refractivity contribution in [2.45, 2.75) is 45.8 Å². The van der Waals surface area contributed by atoms with E-state index in [-0.39, 0.29) is 24.2 Å². The Morgan fingerprint density at radius 2 is 1.71 bits per heavy atom. The number of carbonyl (C=O) groups is 2. The van der Waals surface area contributed by atoms with Crippen molar-refractivity contribution in [1.29, 1.82) is 0 Å². The van der Waals surface area contributed by atoms with Gasteiger partial charge in [-0.05, 0) is 50.1 Å². The Kier molecular flexibility index (Phi) is 9.93. The zero-order valence-electron chi connectivity index (χ0n) is 20.1. The number of para-hydroxylation sites is 2.